The lowest BCUT2D eigenvalue weighted by Crippen LogP contribution is -2.54. The Hall–Kier alpha value is -3.20. The van der Waals surface area contributed by atoms with E-state index in [4.69, 9.17) is 21.3 Å². The predicted octanol–water partition coefficient (Wildman–Crippen LogP) is 6.00. The van der Waals surface area contributed by atoms with Gasteiger partial charge >= 0.3 is 6.01 Å². The number of halogens is 2. The number of ether oxygens (including phenoxy) is 1. The average Bonchev–Trinajstić information content (AvgIpc) is 3.29. The summed E-state index contributed by atoms with van der Waals surface area (Å²) in [6.07, 6.45) is 5.11. The molecule has 2 atom stereocenters. The second kappa shape index (κ2) is 11.4. The lowest BCUT2D eigenvalue weighted by Gasteiger charge is -2.38. The van der Waals surface area contributed by atoms with Gasteiger partial charge in [0.1, 0.15) is 17.1 Å². The second-order valence-electron chi connectivity index (χ2n) is 11.2. The Bertz CT molecular complexity index is 1540. The van der Waals surface area contributed by atoms with Crippen LogP contribution in [0.4, 0.5) is 10.2 Å². The summed E-state index contributed by atoms with van der Waals surface area (Å²) in [6, 6.07) is 13.3. The van der Waals surface area contributed by atoms with Gasteiger partial charge in [-0.15, -0.1) is 0 Å². The van der Waals surface area contributed by atoms with Crippen LogP contribution < -0.4 is 15.0 Å². The molecule has 0 saturated carbocycles. The Labute approximate surface area is 238 Å². The molecule has 0 aliphatic carbocycles. The molecule has 9 heteroatoms. The molecule has 7 nitrogen and oxygen atoms in total. The van der Waals surface area contributed by atoms with Gasteiger partial charge in [0.05, 0.1) is 11.6 Å². The van der Waals surface area contributed by atoms with Gasteiger partial charge in [-0.3, -0.25) is 0 Å². The van der Waals surface area contributed by atoms with Crippen LogP contribution in [0, 0.1) is 5.82 Å². The molecule has 0 radical (unpaired) electrons. The van der Waals surface area contributed by atoms with Gasteiger partial charge in [-0.05, 0) is 87.3 Å². The molecule has 7 rings (SSSR count). The largest absolute Gasteiger partial charge is 0.508 e. The fourth-order valence-corrected chi connectivity index (χ4v) is 6.35. The molecule has 3 fully saturated rings. The molecular weight excluding hydrogens is 529 g/mol. The number of nitrogens with one attached hydrogen (secondary N) is 1. The van der Waals surface area contributed by atoms with Gasteiger partial charge in [-0.2, -0.15) is 9.97 Å². The number of hydrogen-bond acceptors (Lipinski definition) is 7. The van der Waals surface area contributed by atoms with E-state index >= 15 is 4.39 Å². The maximum absolute atomic E-state index is 16.7. The molecule has 3 saturated heterocycles. The molecule has 2 N–H and O–H groups in total. The number of benzene rings is 3. The standard InChI is InChI=1S/C31H35ClFN5O2/c1-37(2)12-5-6-13-40-31-35-29-25(30(36-31)38-18-20-9-7-10-21(38)17-34-20)16-26(32)27(28(29)33)24-15-22(39)14-19-8-3-4-11-23(19)24/h3-4,8,11,14-16,20-21,34,39H,5-7,9-10,12-13,17-18H2,1-2H3. The van der Waals surface area contributed by atoms with Crippen molar-refractivity contribution in [2.75, 3.05) is 45.2 Å². The van der Waals surface area contributed by atoms with E-state index in [0.29, 0.717) is 29.4 Å². The summed E-state index contributed by atoms with van der Waals surface area (Å²) in [5.41, 5.74) is 0.902. The third-order valence-corrected chi connectivity index (χ3v) is 8.35. The molecule has 1 aromatic heterocycles. The first-order valence-corrected chi connectivity index (χ1v) is 14.5. The highest BCUT2D eigenvalue weighted by molar-refractivity contribution is 6.35. The molecule has 4 aromatic rings. The van der Waals surface area contributed by atoms with Gasteiger partial charge in [0.2, 0.25) is 0 Å². The van der Waals surface area contributed by atoms with Crippen LogP contribution in [0.15, 0.2) is 42.5 Å². The summed E-state index contributed by atoms with van der Waals surface area (Å²) < 4.78 is 22.7. The number of phenolic OH excluding ortho intramolecular Hbond substituents is 1. The number of nitrogens with zero attached hydrogens (tertiary/aromatic N) is 4. The molecule has 3 aliphatic heterocycles. The number of anilines is 1. The lowest BCUT2D eigenvalue weighted by molar-refractivity contribution is 0.274. The molecular formula is C31H35ClFN5O2. The SMILES string of the molecule is CN(C)CCCCOc1nc(N2CC3CCCC2CN3)c2cc(Cl)c(-c3cc(O)cc4ccccc34)c(F)c2n1. The number of unbranched alkanes of at least 4 members (excludes halogenated alkanes) is 1. The number of hydrogen-bond donors (Lipinski definition) is 2. The average molecular weight is 564 g/mol. The lowest BCUT2D eigenvalue weighted by atomic mass is 9.96. The van der Waals surface area contributed by atoms with Crippen LogP contribution in [0.3, 0.4) is 0 Å². The number of rotatable bonds is 8. The fourth-order valence-electron chi connectivity index (χ4n) is 6.06. The van der Waals surface area contributed by atoms with E-state index in [0.717, 1.165) is 62.5 Å². The first-order valence-electron chi connectivity index (χ1n) is 14.1. The molecule has 3 aliphatic rings. The summed E-state index contributed by atoms with van der Waals surface area (Å²) in [5.74, 6) is 0.166. The molecule has 0 spiro atoms. The van der Waals surface area contributed by atoms with E-state index in [1.165, 1.54) is 0 Å². The Kier molecular flexibility index (Phi) is 7.66. The first kappa shape index (κ1) is 27.0. The van der Waals surface area contributed by atoms with E-state index in [9.17, 15) is 5.11 Å². The van der Waals surface area contributed by atoms with Crippen molar-refractivity contribution in [1.29, 1.82) is 0 Å². The highest BCUT2D eigenvalue weighted by atomic mass is 35.5. The zero-order valence-corrected chi connectivity index (χ0v) is 23.7. The van der Waals surface area contributed by atoms with Crippen molar-refractivity contribution in [3.05, 3.63) is 53.3 Å². The van der Waals surface area contributed by atoms with Crippen LogP contribution in [0.5, 0.6) is 11.8 Å². The Morgan fingerprint density at radius 2 is 1.98 bits per heavy atom. The highest BCUT2D eigenvalue weighted by Gasteiger charge is 2.34. The van der Waals surface area contributed by atoms with Crippen LogP contribution in [0.2, 0.25) is 5.02 Å². The summed E-state index contributed by atoms with van der Waals surface area (Å²) in [4.78, 5) is 13.9. The molecule has 210 valence electrons. The Morgan fingerprint density at radius 3 is 2.83 bits per heavy atom. The van der Waals surface area contributed by atoms with E-state index in [1.807, 2.05) is 38.4 Å². The van der Waals surface area contributed by atoms with Gasteiger partial charge in [-0.1, -0.05) is 35.9 Å². The molecule has 0 amide bonds. The van der Waals surface area contributed by atoms with Gasteiger partial charge in [0.25, 0.3) is 0 Å². The third-order valence-electron chi connectivity index (χ3n) is 8.05. The molecule has 2 bridgehead atoms. The topological polar surface area (TPSA) is 73.8 Å². The quantitative estimate of drug-likeness (QED) is 0.255. The van der Waals surface area contributed by atoms with Crippen molar-refractivity contribution < 1.29 is 14.2 Å². The zero-order valence-electron chi connectivity index (χ0n) is 23.0. The van der Waals surface area contributed by atoms with Crippen molar-refractivity contribution in [1.82, 2.24) is 20.2 Å². The summed E-state index contributed by atoms with van der Waals surface area (Å²) in [5, 5.41) is 16.5. The first-order chi connectivity index (χ1) is 19.4. The number of fused-ring (bicyclic) bond motifs is 6. The van der Waals surface area contributed by atoms with E-state index < -0.39 is 5.82 Å². The number of phenols is 1. The minimum absolute atomic E-state index is 0.0440. The van der Waals surface area contributed by atoms with Crippen molar-refractivity contribution in [3.63, 3.8) is 0 Å². The van der Waals surface area contributed by atoms with Gasteiger partial charge in [0, 0.05) is 36.1 Å². The van der Waals surface area contributed by atoms with Crippen LogP contribution in [0.25, 0.3) is 32.8 Å². The summed E-state index contributed by atoms with van der Waals surface area (Å²) in [7, 11) is 4.09. The van der Waals surface area contributed by atoms with Gasteiger partial charge in [-0.25, -0.2) is 4.39 Å². The van der Waals surface area contributed by atoms with Crippen LogP contribution in [-0.2, 0) is 0 Å². The van der Waals surface area contributed by atoms with Crippen molar-refractivity contribution in [2.45, 2.75) is 44.2 Å². The van der Waals surface area contributed by atoms with Crippen molar-refractivity contribution in [2.24, 2.45) is 0 Å². The van der Waals surface area contributed by atoms with Gasteiger partial charge < -0.3 is 25.0 Å². The maximum atomic E-state index is 16.7. The fraction of sp³-hybridized carbons (Fsp3) is 0.419. The van der Waals surface area contributed by atoms with E-state index in [2.05, 4.69) is 20.1 Å². The molecule has 3 aromatic carbocycles. The number of aromatic hydroxyl groups is 1. The van der Waals surface area contributed by atoms with Crippen molar-refractivity contribution in [3.8, 4) is 22.9 Å². The Balaban J connectivity index is 1.48. The van der Waals surface area contributed by atoms with E-state index in [1.54, 1.807) is 18.2 Å². The van der Waals surface area contributed by atoms with Crippen LogP contribution in [-0.4, -0.2) is 72.4 Å². The minimum atomic E-state index is -0.544. The zero-order chi connectivity index (χ0) is 27.8. The molecule has 2 unspecified atom stereocenters. The van der Waals surface area contributed by atoms with Gasteiger partial charge in [0.15, 0.2) is 5.82 Å². The minimum Gasteiger partial charge on any atom is -0.508 e. The predicted molar refractivity (Wildman–Crippen MR) is 159 cm³/mol. The molecule has 40 heavy (non-hydrogen) atoms. The summed E-state index contributed by atoms with van der Waals surface area (Å²) >= 11 is 6.86. The monoisotopic (exact) mass is 563 g/mol. The third kappa shape index (κ3) is 5.28. The summed E-state index contributed by atoms with van der Waals surface area (Å²) in [6.45, 7) is 3.06. The number of piperazine rings is 1. The number of aromatic nitrogens is 2. The van der Waals surface area contributed by atoms with Crippen LogP contribution >= 0.6 is 11.6 Å². The van der Waals surface area contributed by atoms with Crippen LogP contribution in [0.1, 0.15) is 32.1 Å². The maximum Gasteiger partial charge on any atom is 0.319 e. The highest BCUT2D eigenvalue weighted by Crippen LogP contribution is 2.43. The Morgan fingerprint density at radius 1 is 1.12 bits per heavy atom. The van der Waals surface area contributed by atoms with Crippen molar-refractivity contribution >= 4 is 39.1 Å². The van der Waals surface area contributed by atoms with E-state index in [-0.39, 0.29) is 33.9 Å². The molecule has 4 heterocycles. The normalized spacial score (nSPS) is 19.1. The smallest absolute Gasteiger partial charge is 0.319 e. The second-order valence-corrected chi connectivity index (χ2v) is 11.6.